The quantitative estimate of drug-likeness (QED) is 0.806. The van der Waals surface area contributed by atoms with Crippen molar-refractivity contribution in [1.82, 2.24) is 9.78 Å². The Labute approximate surface area is 96.1 Å². The minimum absolute atomic E-state index is 0.0263. The average molecular weight is 238 g/mol. The van der Waals surface area contributed by atoms with E-state index in [9.17, 15) is 4.79 Å². The topological polar surface area (TPSA) is 68.3 Å². The minimum atomic E-state index is -1.04. The molecule has 2 aromatic rings. The lowest BCUT2D eigenvalue weighted by Gasteiger charge is -1.98. The average Bonchev–Trinajstić information content (AvgIpc) is 2.87. The van der Waals surface area contributed by atoms with Crippen LogP contribution in [0.2, 0.25) is 0 Å². The van der Waals surface area contributed by atoms with Gasteiger partial charge in [0.2, 0.25) is 5.76 Å². The van der Waals surface area contributed by atoms with Crippen LogP contribution in [0.1, 0.15) is 10.6 Å². The molecule has 2 heterocycles. The predicted octanol–water partition coefficient (Wildman–Crippen LogP) is 1.97. The summed E-state index contributed by atoms with van der Waals surface area (Å²) in [6.07, 6.45) is 3.60. The Hall–Kier alpha value is -1.69. The lowest BCUT2D eigenvalue weighted by molar-refractivity contribution is 0.0656. The highest BCUT2D eigenvalue weighted by atomic mass is 32.2. The Kier molecular flexibility index (Phi) is 3.31. The Morgan fingerprint density at radius 2 is 2.44 bits per heavy atom. The summed E-state index contributed by atoms with van der Waals surface area (Å²) in [6, 6.07) is 4.98. The van der Waals surface area contributed by atoms with Gasteiger partial charge in [-0.05, 0) is 18.2 Å². The molecular formula is C10H10N2O3S. The van der Waals surface area contributed by atoms with Crippen LogP contribution in [-0.2, 0) is 6.54 Å². The SMILES string of the molecule is O=C(O)c1ccc(SCCn2cccn2)o1. The first-order valence-electron chi connectivity index (χ1n) is 4.69. The van der Waals surface area contributed by atoms with E-state index < -0.39 is 5.97 Å². The lowest BCUT2D eigenvalue weighted by atomic mass is 10.5. The van der Waals surface area contributed by atoms with Crippen LogP contribution >= 0.6 is 11.8 Å². The van der Waals surface area contributed by atoms with Crippen LogP contribution in [0.15, 0.2) is 40.1 Å². The van der Waals surface area contributed by atoms with Crippen molar-refractivity contribution in [2.75, 3.05) is 5.75 Å². The first kappa shape index (κ1) is 10.8. The summed E-state index contributed by atoms with van der Waals surface area (Å²) < 4.78 is 6.91. The fourth-order valence-corrected chi connectivity index (χ4v) is 1.98. The molecule has 0 aliphatic heterocycles. The molecule has 5 nitrogen and oxygen atoms in total. The van der Waals surface area contributed by atoms with Crippen LogP contribution < -0.4 is 0 Å². The number of aromatic carboxylic acids is 1. The van der Waals surface area contributed by atoms with Gasteiger partial charge in [-0.25, -0.2) is 4.79 Å². The summed E-state index contributed by atoms with van der Waals surface area (Å²) in [7, 11) is 0. The zero-order chi connectivity index (χ0) is 11.4. The van der Waals surface area contributed by atoms with E-state index in [0.717, 1.165) is 12.3 Å². The van der Waals surface area contributed by atoms with Crippen molar-refractivity contribution in [3.8, 4) is 0 Å². The number of carboxylic acid groups (broad SMARTS) is 1. The van der Waals surface area contributed by atoms with Gasteiger partial charge in [0.25, 0.3) is 0 Å². The molecule has 1 N–H and O–H groups in total. The third kappa shape index (κ3) is 2.66. The van der Waals surface area contributed by atoms with Gasteiger partial charge in [-0.3, -0.25) is 4.68 Å². The van der Waals surface area contributed by atoms with E-state index in [1.54, 1.807) is 12.3 Å². The molecule has 0 fully saturated rings. The first-order valence-corrected chi connectivity index (χ1v) is 5.67. The molecule has 0 radical (unpaired) electrons. The predicted molar refractivity (Wildman–Crippen MR) is 58.6 cm³/mol. The number of furan rings is 1. The van der Waals surface area contributed by atoms with Crippen LogP contribution in [-0.4, -0.2) is 26.6 Å². The number of nitrogens with zero attached hydrogens (tertiary/aromatic N) is 2. The smallest absolute Gasteiger partial charge is 0.371 e. The molecule has 0 aromatic carbocycles. The second-order valence-electron chi connectivity index (χ2n) is 3.04. The van der Waals surface area contributed by atoms with Crippen LogP contribution in [0.3, 0.4) is 0 Å². The number of aromatic nitrogens is 2. The molecular weight excluding hydrogens is 228 g/mol. The zero-order valence-electron chi connectivity index (χ0n) is 8.37. The van der Waals surface area contributed by atoms with Gasteiger partial charge >= 0.3 is 5.97 Å². The fourth-order valence-electron chi connectivity index (χ4n) is 1.19. The third-order valence-corrected chi connectivity index (χ3v) is 2.81. The highest BCUT2D eigenvalue weighted by Crippen LogP contribution is 2.21. The van der Waals surface area contributed by atoms with E-state index in [-0.39, 0.29) is 5.76 Å². The number of rotatable bonds is 5. The molecule has 2 rings (SSSR count). The molecule has 0 saturated carbocycles. The van der Waals surface area contributed by atoms with E-state index in [1.165, 1.54) is 17.8 Å². The summed E-state index contributed by atoms with van der Waals surface area (Å²) in [5, 5.41) is 13.3. The van der Waals surface area contributed by atoms with Crippen LogP contribution in [0.4, 0.5) is 0 Å². The van der Waals surface area contributed by atoms with Crippen LogP contribution in [0.25, 0.3) is 0 Å². The number of thioether (sulfide) groups is 1. The molecule has 2 aromatic heterocycles. The van der Waals surface area contributed by atoms with Crippen molar-refractivity contribution in [2.24, 2.45) is 0 Å². The van der Waals surface area contributed by atoms with Gasteiger partial charge < -0.3 is 9.52 Å². The second kappa shape index (κ2) is 4.89. The molecule has 0 bridgehead atoms. The van der Waals surface area contributed by atoms with E-state index >= 15 is 0 Å². The van der Waals surface area contributed by atoms with E-state index in [2.05, 4.69) is 5.10 Å². The summed E-state index contributed by atoms with van der Waals surface area (Å²) >= 11 is 1.47. The highest BCUT2D eigenvalue weighted by molar-refractivity contribution is 7.99. The van der Waals surface area contributed by atoms with Crippen LogP contribution in [0, 0.1) is 0 Å². The summed E-state index contributed by atoms with van der Waals surface area (Å²) in [4.78, 5) is 10.6. The third-order valence-electron chi connectivity index (χ3n) is 1.92. The van der Waals surface area contributed by atoms with Crippen molar-refractivity contribution in [3.05, 3.63) is 36.4 Å². The summed E-state index contributed by atoms with van der Waals surface area (Å²) in [5.74, 6) is -0.283. The zero-order valence-corrected chi connectivity index (χ0v) is 9.18. The number of hydrogen-bond donors (Lipinski definition) is 1. The normalized spacial score (nSPS) is 10.5. The van der Waals surface area contributed by atoms with Gasteiger partial charge in [0.1, 0.15) is 0 Å². The molecule has 0 saturated heterocycles. The molecule has 0 amide bonds. The Morgan fingerprint density at radius 3 is 3.06 bits per heavy atom. The standard InChI is InChI=1S/C10H10N2O3S/c13-10(14)8-2-3-9(15-8)16-7-6-12-5-1-4-11-12/h1-5H,6-7H2,(H,13,14). The minimum Gasteiger partial charge on any atom is -0.475 e. The maximum absolute atomic E-state index is 10.6. The molecule has 16 heavy (non-hydrogen) atoms. The summed E-state index contributed by atoms with van der Waals surface area (Å²) in [5.41, 5.74) is 0. The fraction of sp³-hybridized carbons (Fsp3) is 0.200. The number of carboxylic acids is 1. The van der Waals surface area contributed by atoms with Gasteiger partial charge in [0, 0.05) is 18.1 Å². The molecule has 0 aliphatic rings. The Bertz CT molecular complexity index is 464. The molecule has 0 spiro atoms. The number of carbonyl (C=O) groups is 1. The molecule has 84 valence electrons. The van der Waals surface area contributed by atoms with Crippen molar-refractivity contribution >= 4 is 17.7 Å². The molecule has 0 aliphatic carbocycles. The van der Waals surface area contributed by atoms with E-state index in [1.807, 2.05) is 16.9 Å². The summed E-state index contributed by atoms with van der Waals surface area (Å²) in [6.45, 7) is 0.765. The van der Waals surface area contributed by atoms with Gasteiger partial charge in [0.05, 0.1) is 6.54 Å². The Morgan fingerprint density at radius 1 is 1.56 bits per heavy atom. The molecule has 0 atom stereocenters. The maximum atomic E-state index is 10.6. The van der Waals surface area contributed by atoms with Crippen LogP contribution in [0.5, 0.6) is 0 Å². The monoisotopic (exact) mass is 238 g/mol. The van der Waals surface area contributed by atoms with Gasteiger partial charge in [-0.15, -0.1) is 0 Å². The lowest BCUT2D eigenvalue weighted by Crippen LogP contribution is -1.99. The van der Waals surface area contributed by atoms with Crippen molar-refractivity contribution < 1.29 is 14.3 Å². The molecule has 0 unspecified atom stereocenters. The molecule has 6 heteroatoms. The van der Waals surface area contributed by atoms with Gasteiger partial charge in [-0.1, -0.05) is 11.8 Å². The van der Waals surface area contributed by atoms with Crippen molar-refractivity contribution in [1.29, 1.82) is 0 Å². The highest BCUT2D eigenvalue weighted by Gasteiger charge is 2.08. The van der Waals surface area contributed by atoms with Gasteiger partial charge in [-0.2, -0.15) is 5.10 Å². The van der Waals surface area contributed by atoms with E-state index in [0.29, 0.717) is 5.09 Å². The first-order chi connectivity index (χ1) is 7.75. The van der Waals surface area contributed by atoms with Crippen molar-refractivity contribution in [2.45, 2.75) is 11.6 Å². The Balaban J connectivity index is 1.83. The second-order valence-corrected chi connectivity index (χ2v) is 4.14. The largest absolute Gasteiger partial charge is 0.475 e. The van der Waals surface area contributed by atoms with Crippen molar-refractivity contribution in [3.63, 3.8) is 0 Å². The van der Waals surface area contributed by atoms with Gasteiger partial charge in [0.15, 0.2) is 5.09 Å². The maximum Gasteiger partial charge on any atom is 0.371 e. The number of hydrogen-bond acceptors (Lipinski definition) is 4. The number of aryl methyl sites for hydroxylation is 1. The van der Waals surface area contributed by atoms with E-state index in [4.69, 9.17) is 9.52 Å².